The van der Waals surface area contributed by atoms with E-state index in [1.54, 1.807) is 0 Å². The fraction of sp³-hybridized carbons (Fsp3) is 0.615. The summed E-state index contributed by atoms with van der Waals surface area (Å²) in [6, 6.07) is 1.20. The summed E-state index contributed by atoms with van der Waals surface area (Å²) in [5.74, 6) is 0.711. The van der Waals surface area contributed by atoms with Crippen LogP contribution in [0.3, 0.4) is 0 Å². The number of nitrogens with zero attached hydrogens (tertiary/aromatic N) is 2. The zero-order chi connectivity index (χ0) is 13.7. The molecule has 0 saturated carbocycles. The minimum Gasteiger partial charge on any atom is -0.480 e. The quantitative estimate of drug-likeness (QED) is 0.811. The highest BCUT2D eigenvalue weighted by Gasteiger charge is 2.19. The predicted molar refractivity (Wildman–Crippen MR) is 70.6 cm³/mol. The summed E-state index contributed by atoms with van der Waals surface area (Å²) in [6.07, 6.45) is 1.37. The maximum Gasteiger partial charge on any atom is 0.326 e. The third-order valence-corrected chi connectivity index (χ3v) is 2.58. The van der Waals surface area contributed by atoms with Crippen molar-refractivity contribution in [1.29, 1.82) is 0 Å². The molecule has 0 aliphatic rings. The van der Waals surface area contributed by atoms with Crippen LogP contribution in [0.5, 0.6) is 0 Å². The van der Waals surface area contributed by atoms with E-state index in [0.717, 1.165) is 12.1 Å². The van der Waals surface area contributed by atoms with Crippen molar-refractivity contribution in [2.24, 2.45) is 5.92 Å². The van der Waals surface area contributed by atoms with Gasteiger partial charge in [0.2, 0.25) is 0 Å². The molecule has 0 unspecified atom stereocenters. The van der Waals surface area contributed by atoms with Crippen LogP contribution in [0.1, 0.15) is 38.7 Å². The van der Waals surface area contributed by atoms with Crippen molar-refractivity contribution >= 4 is 11.8 Å². The van der Waals surface area contributed by atoms with Crippen LogP contribution in [0, 0.1) is 12.8 Å². The van der Waals surface area contributed by atoms with Crippen LogP contribution in [0.4, 0.5) is 5.82 Å². The standard InChI is InChI=1S/C13H21N3O2/c1-5-10-7-12(15-9(4)14-10)16-11(13(17)18)6-8(2)3/h7-8,11H,5-6H2,1-4H3,(H,17,18)(H,14,15,16)/t11-/m1/s1. The summed E-state index contributed by atoms with van der Waals surface area (Å²) in [5.41, 5.74) is 0.915. The van der Waals surface area contributed by atoms with Gasteiger partial charge in [0.25, 0.3) is 0 Å². The molecule has 18 heavy (non-hydrogen) atoms. The molecule has 0 aliphatic heterocycles. The zero-order valence-electron chi connectivity index (χ0n) is 11.4. The minimum atomic E-state index is -0.849. The summed E-state index contributed by atoms with van der Waals surface area (Å²) in [6.45, 7) is 7.82. The topological polar surface area (TPSA) is 75.1 Å². The largest absolute Gasteiger partial charge is 0.480 e. The van der Waals surface area contributed by atoms with Crippen molar-refractivity contribution in [3.8, 4) is 0 Å². The molecule has 1 heterocycles. The number of carboxylic acids is 1. The Morgan fingerprint density at radius 3 is 2.61 bits per heavy atom. The van der Waals surface area contributed by atoms with Gasteiger partial charge in [0, 0.05) is 11.8 Å². The van der Waals surface area contributed by atoms with Crippen LogP contribution in [-0.2, 0) is 11.2 Å². The maximum atomic E-state index is 11.2. The Morgan fingerprint density at radius 1 is 1.44 bits per heavy atom. The average Bonchev–Trinajstić information content (AvgIpc) is 2.26. The maximum absolute atomic E-state index is 11.2. The number of aromatic nitrogens is 2. The van der Waals surface area contributed by atoms with E-state index in [-0.39, 0.29) is 0 Å². The minimum absolute atomic E-state index is 0.312. The lowest BCUT2D eigenvalue weighted by molar-refractivity contribution is -0.138. The number of anilines is 1. The second kappa shape index (κ2) is 6.33. The van der Waals surface area contributed by atoms with Gasteiger partial charge >= 0.3 is 5.97 Å². The van der Waals surface area contributed by atoms with Crippen LogP contribution < -0.4 is 5.32 Å². The molecule has 0 bridgehead atoms. The molecule has 0 aliphatic carbocycles. The molecule has 0 fully saturated rings. The van der Waals surface area contributed by atoms with Crippen molar-refractivity contribution in [3.63, 3.8) is 0 Å². The number of aliphatic carboxylic acids is 1. The van der Waals surface area contributed by atoms with Crippen molar-refractivity contribution in [2.75, 3.05) is 5.32 Å². The Balaban J connectivity index is 2.86. The van der Waals surface area contributed by atoms with Gasteiger partial charge in [-0.2, -0.15) is 0 Å². The SMILES string of the molecule is CCc1cc(N[C@H](CC(C)C)C(=O)O)nc(C)n1. The number of carboxylic acid groups (broad SMARTS) is 1. The molecule has 5 nitrogen and oxygen atoms in total. The highest BCUT2D eigenvalue weighted by molar-refractivity contribution is 5.76. The normalized spacial score (nSPS) is 12.5. The van der Waals surface area contributed by atoms with Crippen molar-refractivity contribution in [3.05, 3.63) is 17.6 Å². The Labute approximate surface area is 108 Å². The summed E-state index contributed by atoms with van der Waals surface area (Å²) >= 11 is 0. The van der Waals surface area contributed by atoms with Gasteiger partial charge in [-0.1, -0.05) is 20.8 Å². The first-order valence-corrected chi connectivity index (χ1v) is 6.26. The van der Waals surface area contributed by atoms with Gasteiger partial charge < -0.3 is 10.4 Å². The van der Waals surface area contributed by atoms with Crippen molar-refractivity contribution in [1.82, 2.24) is 9.97 Å². The monoisotopic (exact) mass is 251 g/mol. The molecule has 1 rings (SSSR count). The second-order valence-electron chi connectivity index (χ2n) is 4.81. The third kappa shape index (κ3) is 4.31. The number of nitrogens with one attached hydrogen (secondary N) is 1. The molecule has 1 aromatic heterocycles. The molecule has 5 heteroatoms. The van der Waals surface area contributed by atoms with Gasteiger partial charge in [0.15, 0.2) is 0 Å². The number of hydrogen-bond donors (Lipinski definition) is 2. The molecular weight excluding hydrogens is 230 g/mol. The van der Waals surface area contributed by atoms with E-state index in [0.29, 0.717) is 24.0 Å². The third-order valence-electron chi connectivity index (χ3n) is 2.58. The fourth-order valence-corrected chi connectivity index (χ4v) is 1.76. The predicted octanol–water partition coefficient (Wildman–Crippen LogP) is 2.26. The van der Waals surface area contributed by atoms with E-state index in [4.69, 9.17) is 0 Å². The van der Waals surface area contributed by atoms with Crippen LogP contribution in [-0.4, -0.2) is 27.1 Å². The van der Waals surface area contributed by atoms with Gasteiger partial charge in [-0.15, -0.1) is 0 Å². The highest BCUT2D eigenvalue weighted by Crippen LogP contribution is 2.13. The zero-order valence-corrected chi connectivity index (χ0v) is 11.4. The Bertz CT molecular complexity index is 419. The molecule has 100 valence electrons. The highest BCUT2D eigenvalue weighted by atomic mass is 16.4. The summed E-state index contributed by atoms with van der Waals surface area (Å²) in [7, 11) is 0. The molecule has 2 N–H and O–H groups in total. The lowest BCUT2D eigenvalue weighted by Crippen LogP contribution is -2.31. The lowest BCUT2D eigenvalue weighted by Gasteiger charge is -2.17. The average molecular weight is 251 g/mol. The number of rotatable bonds is 6. The van der Waals surface area contributed by atoms with E-state index in [2.05, 4.69) is 15.3 Å². The lowest BCUT2D eigenvalue weighted by atomic mass is 10.0. The van der Waals surface area contributed by atoms with E-state index in [1.165, 1.54) is 0 Å². The molecule has 0 spiro atoms. The first-order valence-electron chi connectivity index (χ1n) is 6.26. The van der Waals surface area contributed by atoms with E-state index in [9.17, 15) is 9.90 Å². The molecule has 1 atom stereocenters. The fourth-order valence-electron chi connectivity index (χ4n) is 1.76. The van der Waals surface area contributed by atoms with Gasteiger partial charge in [-0.05, 0) is 25.7 Å². The van der Waals surface area contributed by atoms with Crippen molar-refractivity contribution in [2.45, 2.75) is 46.6 Å². The first-order chi connectivity index (χ1) is 8.42. The number of aryl methyl sites for hydroxylation is 2. The van der Waals surface area contributed by atoms with E-state index in [1.807, 2.05) is 33.8 Å². The number of carbonyl (C=O) groups is 1. The van der Waals surface area contributed by atoms with Crippen LogP contribution >= 0.6 is 0 Å². The second-order valence-corrected chi connectivity index (χ2v) is 4.81. The molecule has 1 aromatic rings. The molecule has 0 radical (unpaired) electrons. The smallest absolute Gasteiger partial charge is 0.326 e. The Hall–Kier alpha value is -1.65. The molecular formula is C13H21N3O2. The Kier molecular flexibility index (Phi) is 5.07. The van der Waals surface area contributed by atoms with Crippen LogP contribution in [0.2, 0.25) is 0 Å². The van der Waals surface area contributed by atoms with E-state index < -0.39 is 12.0 Å². The molecule has 0 aromatic carbocycles. The van der Waals surface area contributed by atoms with Gasteiger partial charge in [-0.25, -0.2) is 14.8 Å². The van der Waals surface area contributed by atoms with Gasteiger partial charge in [0.1, 0.15) is 17.7 Å². The first kappa shape index (κ1) is 14.4. The van der Waals surface area contributed by atoms with Crippen molar-refractivity contribution < 1.29 is 9.90 Å². The Morgan fingerprint density at radius 2 is 2.11 bits per heavy atom. The van der Waals surface area contributed by atoms with E-state index >= 15 is 0 Å². The molecule has 0 saturated heterocycles. The summed E-state index contributed by atoms with van der Waals surface area (Å²) in [4.78, 5) is 19.7. The number of hydrogen-bond acceptors (Lipinski definition) is 4. The summed E-state index contributed by atoms with van der Waals surface area (Å²) in [5, 5.41) is 12.1. The molecule has 0 amide bonds. The van der Waals surface area contributed by atoms with Gasteiger partial charge in [-0.3, -0.25) is 0 Å². The van der Waals surface area contributed by atoms with Crippen LogP contribution in [0.25, 0.3) is 0 Å². The van der Waals surface area contributed by atoms with Gasteiger partial charge in [0.05, 0.1) is 0 Å². The van der Waals surface area contributed by atoms with Crippen LogP contribution in [0.15, 0.2) is 6.07 Å². The summed E-state index contributed by atoms with van der Waals surface area (Å²) < 4.78 is 0.